The predicted molar refractivity (Wildman–Crippen MR) is 90.8 cm³/mol. The first-order valence-electron chi connectivity index (χ1n) is 7.82. The van der Waals surface area contributed by atoms with Crippen molar-refractivity contribution in [1.82, 2.24) is 9.80 Å². The fraction of sp³-hybridized carbons (Fsp3) is 0.786. The van der Waals surface area contributed by atoms with Crippen molar-refractivity contribution in [2.24, 2.45) is 0 Å². The van der Waals surface area contributed by atoms with Crippen molar-refractivity contribution < 1.29 is 38.6 Å². The summed E-state index contributed by atoms with van der Waals surface area (Å²) in [5.41, 5.74) is 0. The lowest BCUT2D eigenvalue weighted by molar-refractivity contribution is -0.143. The summed E-state index contributed by atoms with van der Waals surface area (Å²) < 4.78 is 10.8. The molecule has 0 saturated carbocycles. The van der Waals surface area contributed by atoms with Gasteiger partial charge in [0.25, 0.3) is 0 Å². The highest BCUT2D eigenvalue weighted by Crippen LogP contribution is 2.14. The minimum absolute atomic E-state index is 0.148. The van der Waals surface area contributed by atoms with Crippen LogP contribution < -0.4 is 0 Å². The number of carbonyl (C=O) groups is 3. The van der Waals surface area contributed by atoms with Crippen LogP contribution >= 0.6 is 0 Å². The van der Waals surface area contributed by atoms with Crippen LogP contribution in [-0.2, 0) is 23.2 Å². The average molecular weight is 380 g/mol. The lowest BCUT2D eigenvalue weighted by Gasteiger charge is -2.27. The zero-order chi connectivity index (χ0) is 19.5. The van der Waals surface area contributed by atoms with Crippen molar-refractivity contribution >= 4 is 26.5 Å². The smallest absolute Gasteiger partial charge is 0.334 e. The highest BCUT2D eigenvalue weighted by atomic mass is 28.4. The van der Waals surface area contributed by atoms with E-state index in [4.69, 9.17) is 24.2 Å². The molecule has 0 aromatic heterocycles. The highest BCUT2D eigenvalue weighted by molar-refractivity contribution is 6.65. The van der Waals surface area contributed by atoms with E-state index < -0.39 is 39.6 Å². The number of carboxylic acids is 3. The van der Waals surface area contributed by atoms with Crippen molar-refractivity contribution in [2.75, 3.05) is 53.5 Å². The molecule has 25 heavy (non-hydrogen) atoms. The van der Waals surface area contributed by atoms with Crippen LogP contribution in [-0.4, -0.2) is 105 Å². The molecule has 146 valence electrons. The van der Waals surface area contributed by atoms with Crippen LogP contribution in [0.4, 0.5) is 0 Å². The van der Waals surface area contributed by atoms with Crippen LogP contribution in [0, 0.1) is 0 Å². The minimum Gasteiger partial charge on any atom is -0.480 e. The number of carboxylic acid groups (broad SMARTS) is 3. The third-order valence-electron chi connectivity index (χ3n) is 3.78. The second-order valence-corrected chi connectivity index (χ2v) is 9.40. The van der Waals surface area contributed by atoms with Crippen molar-refractivity contribution in [3.8, 4) is 0 Å². The molecule has 0 aliphatic heterocycles. The molecule has 0 bridgehead atoms. The molecule has 0 aromatic carbocycles. The van der Waals surface area contributed by atoms with E-state index in [1.807, 2.05) is 6.55 Å². The summed E-state index contributed by atoms with van der Waals surface area (Å²) in [6.45, 7) is 1.76. The molecule has 0 spiro atoms. The molecule has 0 unspecified atom stereocenters. The Bertz CT molecular complexity index is 429. The van der Waals surface area contributed by atoms with Gasteiger partial charge in [0.15, 0.2) is 0 Å². The lowest BCUT2D eigenvalue weighted by Crippen LogP contribution is -2.42. The van der Waals surface area contributed by atoms with Crippen LogP contribution in [0.15, 0.2) is 0 Å². The lowest BCUT2D eigenvalue weighted by atomic mass is 10.3. The molecule has 10 nitrogen and oxygen atoms in total. The Morgan fingerprint density at radius 2 is 1.20 bits per heavy atom. The van der Waals surface area contributed by atoms with Crippen LogP contribution in [0.25, 0.3) is 0 Å². The molecule has 0 rings (SSSR count). The van der Waals surface area contributed by atoms with E-state index in [0.29, 0.717) is 19.0 Å². The zero-order valence-electron chi connectivity index (χ0n) is 14.9. The first kappa shape index (κ1) is 23.5. The molecule has 0 atom stereocenters. The number of hydrogen-bond donors (Lipinski definition) is 3. The van der Waals surface area contributed by atoms with Gasteiger partial charge in [0.2, 0.25) is 0 Å². The maximum atomic E-state index is 11.0. The summed E-state index contributed by atoms with van der Waals surface area (Å²) in [6, 6.07) is 0.685. The number of hydrogen-bond acceptors (Lipinski definition) is 7. The van der Waals surface area contributed by atoms with Gasteiger partial charge in [-0.05, 0) is 25.6 Å². The molecule has 0 heterocycles. The normalized spacial score (nSPS) is 11.9. The van der Waals surface area contributed by atoms with Crippen molar-refractivity contribution in [3.05, 3.63) is 0 Å². The second-order valence-electron chi connectivity index (χ2n) is 5.81. The highest BCUT2D eigenvalue weighted by Gasteiger charge is 2.28. The summed E-state index contributed by atoms with van der Waals surface area (Å²) in [5.74, 6) is -3.26. The first-order chi connectivity index (χ1) is 11.6. The van der Waals surface area contributed by atoms with Gasteiger partial charge in [-0.2, -0.15) is 0 Å². The third-order valence-corrected chi connectivity index (χ3v) is 6.77. The Hall–Kier alpha value is -1.53. The first-order valence-corrected chi connectivity index (χ1v) is 10.3. The molecule has 0 aliphatic carbocycles. The van der Waals surface area contributed by atoms with E-state index in [1.165, 1.54) is 4.90 Å². The summed E-state index contributed by atoms with van der Waals surface area (Å²) in [6.07, 6.45) is 0.662. The molecule has 0 amide bonds. The Morgan fingerprint density at radius 1 is 0.800 bits per heavy atom. The fourth-order valence-electron chi connectivity index (χ4n) is 2.25. The molecule has 0 saturated heterocycles. The molecular weight excluding hydrogens is 352 g/mol. The maximum absolute atomic E-state index is 11.0. The quantitative estimate of drug-likeness (QED) is 0.322. The van der Waals surface area contributed by atoms with Crippen LogP contribution in [0.2, 0.25) is 12.6 Å². The van der Waals surface area contributed by atoms with Gasteiger partial charge in [0, 0.05) is 27.3 Å². The largest absolute Gasteiger partial charge is 0.480 e. The topological polar surface area (TPSA) is 137 Å². The summed E-state index contributed by atoms with van der Waals surface area (Å²) in [4.78, 5) is 35.5. The van der Waals surface area contributed by atoms with Crippen molar-refractivity contribution in [1.29, 1.82) is 0 Å². The maximum Gasteiger partial charge on any atom is 0.334 e. The Labute approximate surface area is 148 Å². The van der Waals surface area contributed by atoms with Gasteiger partial charge in [-0.1, -0.05) is 0 Å². The second kappa shape index (κ2) is 11.9. The van der Waals surface area contributed by atoms with Crippen LogP contribution in [0.5, 0.6) is 0 Å². The van der Waals surface area contributed by atoms with Gasteiger partial charge >= 0.3 is 26.5 Å². The summed E-state index contributed by atoms with van der Waals surface area (Å²) in [5, 5.41) is 26.7. The average Bonchev–Trinajstić information content (AvgIpc) is 2.50. The molecular formula is C14H28N2O8Si. The molecule has 0 radical (unpaired) electrons. The monoisotopic (exact) mass is 380 g/mol. The van der Waals surface area contributed by atoms with Gasteiger partial charge in [0.1, 0.15) is 0 Å². The van der Waals surface area contributed by atoms with Gasteiger partial charge in [0.05, 0.1) is 19.6 Å². The van der Waals surface area contributed by atoms with Crippen molar-refractivity contribution in [3.63, 3.8) is 0 Å². The van der Waals surface area contributed by atoms with E-state index in [-0.39, 0.29) is 19.6 Å². The van der Waals surface area contributed by atoms with Gasteiger partial charge in [-0.15, -0.1) is 0 Å². The van der Waals surface area contributed by atoms with E-state index in [0.717, 1.165) is 0 Å². The standard InChI is InChI=1S/C14H28N2O8Si/c1-23-25(3,24-2)8-4-5-15(9-12(17)18)6-7-16(10-13(19)20)11-14(21)22/h4-11H2,1-3H3,(H,17,18)(H,19,20)(H,21,22). The Morgan fingerprint density at radius 3 is 1.60 bits per heavy atom. The molecule has 11 heteroatoms. The Kier molecular flexibility index (Phi) is 11.2. The third kappa shape index (κ3) is 11.6. The van der Waals surface area contributed by atoms with E-state index >= 15 is 0 Å². The minimum atomic E-state index is -2.23. The van der Waals surface area contributed by atoms with Gasteiger partial charge < -0.3 is 24.2 Å². The SMILES string of the molecule is CO[Si](C)(CCCN(CCN(CC(=O)O)CC(=O)O)CC(=O)O)OC. The van der Waals surface area contributed by atoms with Crippen LogP contribution in [0.1, 0.15) is 6.42 Å². The van der Waals surface area contributed by atoms with Gasteiger partial charge in [-0.25, -0.2) is 0 Å². The number of nitrogens with zero attached hydrogens (tertiary/aromatic N) is 2. The van der Waals surface area contributed by atoms with E-state index in [2.05, 4.69) is 0 Å². The van der Waals surface area contributed by atoms with E-state index in [1.54, 1.807) is 19.1 Å². The summed E-state index contributed by atoms with van der Waals surface area (Å²) in [7, 11) is 0.935. The molecule has 0 fully saturated rings. The number of rotatable bonds is 15. The van der Waals surface area contributed by atoms with Crippen molar-refractivity contribution in [2.45, 2.75) is 19.0 Å². The zero-order valence-corrected chi connectivity index (χ0v) is 15.9. The summed E-state index contributed by atoms with van der Waals surface area (Å²) >= 11 is 0. The molecule has 0 aliphatic rings. The van der Waals surface area contributed by atoms with Crippen LogP contribution in [0.3, 0.4) is 0 Å². The molecule has 0 aromatic rings. The Balaban J connectivity index is 4.61. The predicted octanol–water partition coefficient (Wildman–Crippen LogP) is -0.401. The molecule has 3 N–H and O–H groups in total. The van der Waals surface area contributed by atoms with Gasteiger partial charge in [-0.3, -0.25) is 24.2 Å². The van der Waals surface area contributed by atoms with E-state index in [9.17, 15) is 14.4 Å². The fourth-order valence-corrected chi connectivity index (χ4v) is 3.63. The number of aliphatic carboxylic acids is 3.